The molecule has 0 saturated heterocycles. The molecular formula is C15H18N4O4. The Kier molecular flexibility index (Phi) is 4.95. The second kappa shape index (κ2) is 6.91. The van der Waals surface area contributed by atoms with Gasteiger partial charge in [-0.15, -0.1) is 10.2 Å². The van der Waals surface area contributed by atoms with Gasteiger partial charge in [0.05, 0.1) is 20.4 Å². The minimum Gasteiger partial charge on any atom is -0.493 e. The van der Waals surface area contributed by atoms with Gasteiger partial charge < -0.3 is 14.2 Å². The number of hydrogen-bond donors (Lipinski definition) is 0. The molecule has 2 aromatic rings. The lowest BCUT2D eigenvalue weighted by Crippen LogP contribution is -2.05. The fraction of sp³-hybridized carbons (Fsp3) is 0.333. The second-order valence-corrected chi connectivity index (χ2v) is 4.70. The Balaban J connectivity index is 2.42. The Morgan fingerprint density at radius 1 is 1.13 bits per heavy atom. The molecule has 0 N–H and O–H groups in total. The van der Waals surface area contributed by atoms with E-state index in [2.05, 4.69) is 15.3 Å². The average molecular weight is 318 g/mol. The monoisotopic (exact) mass is 318 g/mol. The summed E-state index contributed by atoms with van der Waals surface area (Å²) >= 11 is 0. The largest absolute Gasteiger partial charge is 0.493 e. The fourth-order valence-corrected chi connectivity index (χ4v) is 1.97. The highest BCUT2D eigenvalue weighted by Crippen LogP contribution is 2.38. The fourth-order valence-electron chi connectivity index (χ4n) is 1.97. The molecule has 0 aliphatic heterocycles. The number of benzene rings is 1. The number of rotatable bonds is 5. The number of esters is 1. The van der Waals surface area contributed by atoms with Crippen molar-refractivity contribution in [1.29, 1.82) is 0 Å². The maximum Gasteiger partial charge on any atom is 0.308 e. The van der Waals surface area contributed by atoms with Gasteiger partial charge in [-0.1, -0.05) is 0 Å². The molecule has 0 aliphatic rings. The first kappa shape index (κ1) is 16.5. The smallest absolute Gasteiger partial charge is 0.308 e. The van der Waals surface area contributed by atoms with Crippen LogP contribution >= 0.6 is 0 Å². The number of ether oxygens (including phenoxy) is 3. The second-order valence-electron chi connectivity index (χ2n) is 4.70. The molecule has 0 aliphatic carbocycles. The molecule has 1 aromatic carbocycles. The molecule has 2 rings (SSSR count). The van der Waals surface area contributed by atoms with Crippen molar-refractivity contribution in [3.8, 4) is 17.2 Å². The highest BCUT2D eigenvalue weighted by Gasteiger charge is 2.15. The van der Waals surface area contributed by atoms with Crippen LogP contribution in [0.5, 0.6) is 17.2 Å². The molecule has 8 heteroatoms. The van der Waals surface area contributed by atoms with Crippen LogP contribution in [-0.4, -0.2) is 41.3 Å². The van der Waals surface area contributed by atoms with Crippen LogP contribution in [0.3, 0.4) is 0 Å². The van der Waals surface area contributed by atoms with Gasteiger partial charge >= 0.3 is 5.97 Å². The Labute approximate surface area is 133 Å². The topological polar surface area (TPSA) is 87.8 Å². The normalized spacial score (nSPS) is 10.8. The zero-order valence-electron chi connectivity index (χ0n) is 13.7. The van der Waals surface area contributed by atoms with Gasteiger partial charge in [0.2, 0.25) is 5.75 Å². The van der Waals surface area contributed by atoms with Crippen LogP contribution in [0.2, 0.25) is 0 Å². The summed E-state index contributed by atoms with van der Waals surface area (Å²) in [7, 11) is 2.97. The molecule has 0 saturated carbocycles. The van der Waals surface area contributed by atoms with E-state index < -0.39 is 5.97 Å². The van der Waals surface area contributed by atoms with Gasteiger partial charge in [-0.2, -0.15) is 5.10 Å². The summed E-state index contributed by atoms with van der Waals surface area (Å²) in [6.07, 6.45) is 1.62. The van der Waals surface area contributed by atoms with Crippen molar-refractivity contribution >= 4 is 12.2 Å². The molecule has 1 aromatic heterocycles. The van der Waals surface area contributed by atoms with Crippen molar-refractivity contribution in [1.82, 2.24) is 14.9 Å². The summed E-state index contributed by atoms with van der Waals surface area (Å²) in [5.41, 5.74) is 0.710. The third-order valence-corrected chi connectivity index (χ3v) is 3.00. The molecule has 0 spiro atoms. The zero-order chi connectivity index (χ0) is 17.0. The maximum atomic E-state index is 11.2. The maximum absolute atomic E-state index is 11.2. The first-order chi connectivity index (χ1) is 11.0. The summed E-state index contributed by atoms with van der Waals surface area (Å²) in [5, 5.41) is 12.2. The van der Waals surface area contributed by atoms with Crippen LogP contribution < -0.4 is 14.2 Å². The van der Waals surface area contributed by atoms with E-state index >= 15 is 0 Å². The lowest BCUT2D eigenvalue weighted by Gasteiger charge is -2.13. The summed E-state index contributed by atoms with van der Waals surface area (Å²) in [6.45, 7) is 4.93. The van der Waals surface area contributed by atoms with E-state index in [9.17, 15) is 4.79 Å². The van der Waals surface area contributed by atoms with Crippen LogP contribution in [0.1, 0.15) is 24.1 Å². The van der Waals surface area contributed by atoms with Crippen LogP contribution in [0.25, 0.3) is 0 Å². The van der Waals surface area contributed by atoms with Crippen molar-refractivity contribution in [3.05, 3.63) is 29.3 Å². The van der Waals surface area contributed by atoms with Crippen molar-refractivity contribution in [2.75, 3.05) is 14.2 Å². The minimum atomic E-state index is -0.459. The molecule has 0 amide bonds. The Morgan fingerprint density at radius 3 is 2.09 bits per heavy atom. The number of aryl methyl sites for hydroxylation is 2. The van der Waals surface area contributed by atoms with Crippen LogP contribution in [0, 0.1) is 13.8 Å². The molecule has 0 fully saturated rings. The average Bonchev–Trinajstić information content (AvgIpc) is 2.84. The van der Waals surface area contributed by atoms with E-state index in [4.69, 9.17) is 14.2 Å². The molecule has 23 heavy (non-hydrogen) atoms. The standard InChI is InChI=1S/C15H18N4O4/c1-9-17-18-10(2)19(9)16-8-12-6-13(21-4)15(23-11(3)20)14(7-12)22-5/h6-8H,1-5H3/b16-8-. The summed E-state index contributed by atoms with van der Waals surface area (Å²) in [4.78, 5) is 11.2. The van der Waals surface area contributed by atoms with Crippen LogP contribution in [0.15, 0.2) is 17.2 Å². The van der Waals surface area contributed by atoms with Gasteiger partial charge in [-0.25, -0.2) is 4.68 Å². The number of hydrogen-bond acceptors (Lipinski definition) is 7. The van der Waals surface area contributed by atoms with E-state index in [1.807, 2.05) is 13.8 Å². The number of carbonyl (C=O) groups excluding carboxylic acids is 1. The quantitative estimate of drug-likeness (QED) is 0.474. The Hall–Kier alpha value is -2.90. The molecule has 0 radical (unpaired) electrons. The van der Waals surface area contributed by atoms with Gasteiger partial charge in [-0.05, 0) is 26.0 Å². The SMILES string of the molecule is COc1cc(/C=N\n2c(C)nnc2C)cc(OC)c1OC(C)=O. The predicted molar refractivity (Wildman–Crippen MR) is 83.3 cm³/mol. The van der Waals surface area contributed by atoms with E-state index in [-0.39, 0.29) is 5.75 Å². The minimum absolute atomic E-state index is 0.233. The van der Waals surface area contributed by atoms with Crippen molar-refractivity contribution in [2.45, 2.75) is 20.8 Å². The number of methoxy groups -OCH3 is 2. The predicted octanol–water partition coefficient (Wildman–Crippen LogP) is 1.72. The van der Waals surface area contributed by atoms with Crippen LogP contribution in [-0.2, 0) is 4.79 Å². The lowest BCUT2D eigenvalue weighted by atomic mass is 10.2. The van der Waals surface area contributed by atoms with E-state index in [0.717, 1.165) is 0 Å². The molecule has 1 heterocycles. The first-order valence-corrected chi connectivity index (χ1v) is 6.83. The summed E-state index contributed by atoms with van der Waals surface area (Å²) in [5.74, 6) is 1.87. The van der Waals surface area contributed by atoms with E-state index in [0.29, 0.717) is 28.7 Å². The Morgan fingerprint density at radius 2 is 1.65 bits per heavy atom. The van der Waals surface area contributed by atoms with Gasteiger partial charge in [0.1, 0.15) is 0 Å². The summed E-state index contributed by atoms with van der Waals surface area (Å²) in [6, 6.07) is 3.39. The van der Waals surface area contributed by atoms with Crippen molar-refractivity contribution in [2.24, 2.45) is 5.10 Å². The third kappa shape index (κ3) is 3.65. The van der Waals surface area contributed by atoms with Gasteiger partial charge in [0.15, 0.2) is 23.1 Å². The van der Waals surface area contributed by atoms with Gasteiger partial charge in [0.25, 0.3) is 0 Å². The molecule has 0 atom stereocenters. The molecule has 122 valence electrons. The zero-order valence-corrected chi connectivity index (χ0v) is 13.7. The number of nitrogens with zero attached hydrogens (tertiary/aromatic N) is 4. The molecular weight excluding hydrogens is 300 g/mol. The van der Waals surface area contributed by atoms with Gasteiger partial charge in [0, 0.05) is 12.5 Å². The Bertz CT molecular complexity index is 707. The number of carbonyl (C=O) groups is 1. The van der Waals surface area contributed by atoms with Crippen LogP contribution in [0.4, 0.5) is 0 Å². The number of aromatic nitrogens is 3. The highest BCUT2D eigenvalue weighted by atomic mass is 16.6. The molecule has 0 bridgehead atoms. The van der Waals surface area contributed by atoms with E-state index in [1.54, 1.807) is 23.0 Å². The van der Waals surface area contributed by atoms with Crippen molar-refractivity contribution < 1.29 is 19.0 Å². The summed E-state index contributed by atoms with van der Waals surface area (Å²) < 4.78 is 17.3. The lowest BCUT2D eigenvalue weighted by molar-refractivity contribution is -0.132. The van der Waals surface area contributed by atoms with Crippen molar-refractivity contribution in [3.63, 3.8) is 0 Å². The first-order valence-electron chi connectivity index (χ1n) is 6.83. The molecule has 0 unspecified atom stereocenters. The van der Waals surface area contributed by atoms with Gasteiger partial charge in [-0.3, -0.25) is 4.79 Å². The molecule has 8 nitrogen and oxygen atoms in total. The van der Waals surface area contributed by atoms with E-state index in [1.165, 1.54) is 21.1 Å². The highest BCUT2D eigenvalue weighted by molar-refractivity contribution is 5.83. The third-order valence-electron chi connectivity index (χ3n) is 3.00.